The molecule has 1 aliphatic carbocycles. The van der Waals surface area contributed by atoms with E-state index < -0.39 is 0 Å². The first-order valence-corrected chi connectivity index (χ1v) is 8.43. The second-order valence-electron chi connectivity index (χ2n) is 6.49. The summed E-state index contributed by atoms with van der Waals surface area (Å²) in [7, 11) is 0. The van der Waals surface area contributed by atoms with Crippen LogP contribution in [0.4, 0.5) is 0 Å². The van der Waals surface area contributed by atoms with Gasteiger partial charge < -0.3 is 14.8 Å². The van der Waals surface area contributed by atoms with Crippen molar-refractivity contribution in [3.05, 3.63) is 23.8 Å². The molecule has 0 radical (unpaired) electrons. The minimum atomic E-state index is 0.661. The van der Waals surface area contributed by atoms with Crippen LogP contribution < -0.4 is 14.8 Å². The Kier molecular flexibility index (Phi) is 5.02. The third-order valence-electron chi connectivity index (χ3n) is 4.71. The number of hydrogen-bond donors (Lipinski definition) is 1. The van der Waals surface area contributed by atoms with Gasteiger partial charge in [0, 0.05) is 6.04 Å². The van der Waals surface area contributed by atoms with Crippen molar-refractivity contribution >= 4 is 0 Å². The highest BCUT2D eigenvalue weighted by Crippen LogP contribution is 2.30. The van der Waals surface area contributed by atoms with E-state index in [4.69, 9.17) is 9.47 Å². The second kappa shape index (κ2) is 7.17. The molecule has 0 saturated heterocycles. The fourth-order valence-electron chi connectivity index (χ4n) is 3.36. The van der Waals surface area contributed by atoms with Crippen molar-refractivity contribution in [2.24, 2.45) is 5.92 Å². The van der Waals surface area contributed by atoms with E-state index in [1.165, 1.54) is 37.7 Å². The molecule has 1 aliphatic heterocycles. The smallest absolute Gasteiger partial charge is 0.161 e. The van der Waals surface area contributed by atoms with Crippen molar-refractivity contribution in [3.8, 4) is 11.5 Å². The van der Waals surface area contributed by atoms with Crippen LogP contribution >= 0.6 is 0 Å². The number of rotatable bonds is 4. The van der Waals surface area contributed by atoms with Crippen molar-refractivity contribution in [2.45, 2.75) is 51.5 Å². The predicted molar refractivity (Wildman–Crippen MR) is 85.2 cm³/mol. The van der Waals surface area contributed by atoms with Crippen molar-refractivity contribution in [1.29, 1.82) is 0 Å². The lowest BCUT2D eigenvalue weighted by molar-refractivity contribution is 0.171. The largest absolute Gasteiger partial charge is 0.486 e. The SMILES string of the molecule is CC1CCCC(NCCc2ccc3c(c2)OCCO3)CC1. The van der Waals surface area contributed by atoms with Crippen LogP contribution in [0.2, 0.25) is 0 Å². The number of nitrogens with one attached hydrogen (secondary N) is 1. The quantitative estimate of drug-likeness (QED) is 0.860. The molecule has 1 heterocycles. The van der Waals surface area contributed by atoms with Gasteiger partial charge in [-0.2, -0.15) is 0 Å². The lowest BCUT2D eigenvalue weighted by Gasteiger charge is -2.19. The van der Waals surface area contributed by atoms with Crippen molar-refractivity contribution in [2.75, 3.05) is 19.8 Å². The molecule has 1 saturated carbocycles. The van der Waals surface area contributed by atoms with E-state index >= 15 is 0 Å². The van der Waals surface area contributed by atoms with Crippen LogP contribution in [0.3, 0.4) is 0 Å². The molecule has 2 aliphatic rings. The zero-order chi connectivity index (χ0) is 14.5. The molecule has 0 aromatic heterocycles. The van der Waals surface area contributed by atoms with Crippen LogP contribution in [0.25, 0.3) is 0 Å². The minimum absolute atomic E-state index is 0.661. The predicted octanol–water partition coefficient (Wildman–Crippen LogP) is 3.56. The first-order valence-electron chi connectivity index (χ1n) is 8.43. The van der Waals surface area contributed by atoms with Gasteiger partial charge in [0.05, 0.1) is 0 Å². The Morgan fingerprint density at radius 1 is 1.05 bits per heavy atom. The van der Waals surface area contributed by atoms with Gasteiger partial charge in [-0.05, 0) is 55.8 Å². The van der Waals surface area contributed by atoms with Crippen molar-refractivity contribution in [1.82, 2.24) is 5.32 Å². The van der Waals surface area contributed by atoms with Gasteiger partial charge in [0.25, 0.3) is 0 Å². The molecule has 1 aromatic carbocycles. The molecule has 21 heavy (non-hydrogen) atoms. The summed E-state index contributed by atoms with van der Waals surface area (Å²) in [5.74, 6) is 2.70. The molecule has 3 nitrogen and oxygen atoms in total. The first kappa shape index (κ1) is 14.7. The Labute approximate surface area is 128 Å². The van der Waals surface area contributed by atoms with E-state index in [1.807, 2.05) is 6.07 Å². The summed E-state index contributed by atoms with van der Waals surface area (Å²) in [5, 5.41) is 3.74. The Balaban J connectivity index is 1.46. The maximum absolute atomic E-state index is 5.64. The summed E-state index contributed by atoms with van der Waals surface area (Å²) in [6.07, 6.45) is 7.89. The molecule has 1 aromatic rings. The Hall–Kier alpha value is -1.22. The van der Waals surface area contributed by atoms with E-state index in [0.717, 1.165) is 30.4 Å². The van der Waals surface area contributed by atoms with E-state index in [9.17, 15) is 0 Å². The summed E-state index contributed by atoms with van der Waals surface area (Å²) in [5.41, 5.74) is 1.33. The fraction of sp³-hybridized carbons (Fsp3) is 0.667. The lowest BCUT2D eigenvalue weighted by atomic mass is 10.0. The Morgan fingerprint density at radius 2 is 1.90 bits per heavy atom. The van der Waals surface area contributed by atoms with Crippen LogP contribution in [0.15, 0.2) is 18.2 Å². The summed E-state index contributed by atoms with van der Waals surface area (Å²) >= 11 is 0. The van der Waals surface area contributed by atoms with E-state index in [2.05, 4.69) is 24.4 Å². The molecular weight excluding hydrogens is 262 g/mol. The first-order chi connectivity index (χ1) is 10.3. The van der Waals surface area contributed by atoms with Gasteiger partial charge in [-0.25, -0.2) is 0 Å². The molecule has 2 unspecified atom stereocenters. The Morgan fingerprint density at radius 3 is 2.81 bits per heavy atom. The third-order valence-corrected chi connectivity index (χ3v) is 4.71. The molecular formula is C18H27NO2. The van der Waals surface area contributed by atoms with Crippen LogP contribution in [-0.2, 0) is 6.42 Å². The van der Waals surface area contributed by atoms with Gasteiger partial charge in [-0.3, -0.25) is 0 Å². The number of benzene rings is 1. The summed E-state index contributed by atoms with van der Waals surface area (Å²) in [4.78, 5) is 0. The van der Waals surface area contributed by atoms with Crippen molar-refractivity contribution in [3.63, 3.8) is 0 Å². The summed E-state index contributed by atoms with van der Waals surface area (Å²) in [6, 6.07) is 7.04. The van der Waals surface area contributed by atoms with Crippen LogP contribution in [0.5, 0.6) is 11.5 Å². The van der Waals surface area contributed by atoms with Crippen LogP contribution in [-0.4, -0.2) is 25.8 Å². The highest BCUT2D eigenvalue weighted by molar-refractivity contribution is 5.43. The van der Waals surface area contributed by atoms with Crippen molar-refractivity contribution < 1.29 is 9.47 Å². The Bertz CT molecular complexity index is 461. The minimum Gasteiger partial charge on any atom is -0.486 e. The maximum atomic E-state index is 5.64. The lowest BCUT2D eigenvalue weighted by Crippen LogP contribution is -2.30. The second-order valence-corrected chi connectivity index (χ2v) is 6.49. The molecule has 3 heteroatoms. The monoisotopic (exact) mass is 289 g/mol. The summed E-state index contributed by atoms with van der Waals surface area (Å²) < 4.78 is 11.2. The molecule has 1 N–H and O–H groups in total. The maximum Gasteiger partial charge on any atom is 0.161 e. The van der Waals surface area contributed by atoms with Crippen LogP contribution in [0, 0.1) is 5.92 Å². The van der Waals surface area contributed by atoms with Gasteiger partial charge in [-0.15, -0.1) is 0 Å². The molecule has 1 fully saturated rings. The van der Waals surface area contributed by atoms with Crippen LogP contribution in [0.1, 0.15) is 44.6 Å². The van der Waals surface area contributed by atoms with Gasteiger partial charge in [0.15, 0.2) is 11.5 Å². The van der Waals surface area contributed by atoms with E-state index in [1.54, 1.807) is 0 Å². The van der Waals surface area contributed by atoms with Gasteiger partial charge in [0.2, 0.25) is 0 Å². The topological polar surface area (TPSA) is 30.5 Å². The average Bonchev–Trinajstić information content (AvgIpc) is 2.72. The summed E-state index contributed by atoms with van der Waals surface area (Å²) in [6.45, 7) is 4.76. The molecule has 3 rings (SSSR count). The highest BCUT2D eigenvalue weighted by Gasteiger charge is 2.16. The van der Waals surface area contributed by atoms with E-state index in [0.29, 0.717) is 19.3 Å². The number of ether oxygens (including phenoxy) is 2. The highest BCUT2D eigenvalue weighted by atomic mass is 16.6. The van der Waals surface area contributed by atoms with Gasteiger partial charge in [0.1, 0.15) is 13.2 Å². The molecule has 0 bridgehead atoms. The zero-order valence-corrected chi connectivity index (χ0v) is 13.1. The molecule has 116 valence electrons. The molecule has 2 atom stereocenters. The normalized spacial score (nSPS) is 25.4. The fourth-order valence-corrected chi connectivity index (χ4v) is 3.36. The molecule has 0 spiro atoms. The van der Waals surface area contributed by atoms with Gasteiger partial charge >= 0.3 is 0 Å². The zero-order valence-electron chi connectivity index (χ0n) is 13.1. The number of hydrogen-bond acceptors (Lipinski definition) is 3. The van der Waals surface area contributed by atoms with E-state index in [-0.39, 0.29) is 0 Å². The average molecular weight is 289 g/mol. The van der Waals surface area contributed by atoms with Gasteiger partial charge in [-0.1, -0.05) is 25.8 Å². The third kappa shape index (κ3) is 4.13. The number of fused-ring (bicyclic) bond motifs is 1. The standard InChI is InChI=1S/C18H27NO2/c1-14-3-2-4-16(7-5-14)19-10-9-15-6-8-17-18(13-15)21-12-11-20-17/h6,8,13-14,16,19H,2-5,7,9-12H2,1H3. The molecule has 0 amide bonds.